The maximum atomic E-state index is 10.6. The van der Waals surface area contributed by atoms with Gasteiger partial charge in [0.25, 0.3) is 0 Å². The number of halogens is 2. The molecule has 2 aromatic carbocycles. The summed E-state index contributed by atoms with van der Waals surface area (Å²) in [5.74, 6) is 0.144. The molecule has 4 aromatic rings. The minimum atomic E-state index is -0.299. The molecule has 0 saturated carbocycles. The highest BCUT2D eigenvalue weighted by Crippen LogP contribution is 2.45. The molecule has 0 bridgehead atoms. The first-order chi connectivity index (χ1) is 15.5. The fourth-order valence-corrected chi connectivity index (χ4v) is 4.95. The lowest BCUT2D eigenvalue weighted by Crippen LogP contribution is -2.30. The summed E-state index contributed by atoms with van der Waals surface area (Å²) in [6.45, 7) is 0. The number of nitrogens with zero attached hydrogens (tertiary/aromatic N) is 3. The second kappa shape index (κ2) is 8.47. The van der Waals surface area contributed by atoms with E-state index in [1.54, 1.807) is 30.5 Å². The van der Waals surface area contributed by atoms with Crippen molar-refractivity contribution in [2.45, 2.75) is 12.1 Å². The largest absolute Gasteiger partial charge is 0.506 e. The zero-order valence-corrected chi connectivity index (χ0v) is 19.0. The summed E-state index contributed by atoms with van der Waals surface area (Å²) in [5, 5.41) is 15.6. The highest BCUT2D eigenvalue weighted by molar-refractivity contribution is 7.80. The Hall–Kier alpha value is -3.06. The third-order valence-electron chi connectivity index (χ3n) is 5.49. The smallest absolute Gasteiger partial charge is 0.174 e. The Labute approximate surface area is 200 Å². The van der Waals surface area contributed by atoms with Crippen LogP contribution in [0.2, 0.25) is 10.0 Å². The van der Waals surface area contributed by atoms with Crippen molar-refractivity contribution in [3.05, 3.63) is 107 Å². The van der Waals surface area contributed by atoms with Gasteiger partial charge in [0.15, 0.2) is 5.11 Å². The molecule has 1 aliphatic heterocycles. The molecule has 2 N–H and O–H groups in total. The van der Waals surface area contributed by atoms with Gasteiger partial charge in [-0.3, -0.25) is 4.98 Å². The Balaban J connectivity index is 1.70. The Morgan fingerprint density at radius 3 is 2.50 bits per heavy atom. The maximum Gasteiger partial charge on any atom is 0.174 e. The molecule has 5 rings (SSSR count). The fourth-order valence-electron chi connectivity index (χ4n) is 4.11. The molecule has 2 aromatic heterocycles. The van der Waals surface area contributed by atoms with Gasteiger partial charge in [0, 0.05) is 23.1 Å². The van der Waals surface area contributed by atoms with Gasteiger partial charge < -0.3 is 19.9 Å². The van der Waals surface area contributed by atoms with Gasteiger partial charge in [-0.2, -0.15) is 0 Å². The standard InChI is InChI=1S/C24H18Cl2N4OS/c25-15-10-11-18(16(26)14-15)29-13-5-8-20(29)23-22(17-6-3-4-12-27-17)28-24(32)30(23)19-7-1-2-9-21(19)31/h1-14,22-23,31H,(H,28,32)/t22-,23+/m0/s1. The van der Waals surface area contributed by atoms with Crippen LogP contribution in [0.3, 0.4) is 0 Å². The van der Waals surface area contributed by atoms with E-state index in [4.69, 9.17) is 35.4 Å². The van der Waals surface area contributed by atoms with Crippen LogP contribution >= 0.6 is 35.4 Å². The van der Waals surface area contributed by atoms with Gasteiger partial charge in [-0.25, -0.2) is 0 Å². The lowest BCUT2D eigenvalue weighted by atomic mass is 10.0. The summed E-state index contributed by atoms with van der Waals surface area (Å²) in [7, 11) is 0. The number of pyridine rings is 1. The molecule has 0 amide bonds. The van der Waals surface area contributed by atoms with E-state index in [2.05, 4.69) is 10.3 Å². The van der Waals surface area contributed by atoms with Gasteiger partial charge in [0.2, 0.25) is 0 Å². The number of para-hydroxylation sites is 2. The van der Waals surface area contributed by atoms with Crippen LogP contribution in [0.1, 0.15) is 23.5 Å². The van der Waals surface area contributed by atoms with E-state index in [1.165, 1.54) is 0 Å². The zero-order chi connectivity index (χ0) is 22.2. The quantitative estimate of drug-likeness (QED) is 0.347. The number of hydrogen-bond donors (Lipinski definition) is 2. The van der Waals surface area contributed by atoms with Crippen molar-refractivity contribution in [2.75, 3.05) is 4.90 Å². The molecule has 160 valence electrons. The van der Waals surface area contributed by atoms with Crippen molar-refractivity contribution >= 4 is 46.2 Å². The topological polar surface area (TPSA) is 53.3 Å². The van der Waals surface area contributed by atoms with Crippen LogP contribution in [0.4, 0.5) is 5.69 Å². The van der Waals surface area contributed by atoms with E-state index in [0.717, 1.165) is 17.1 Å². The molecule has 0 spiro atoms. The van der Waals surface area contributed by atoms with Crippen LogP contribution in [-0.2, 0) is 0 Å². The van der Waals surface area contributed by atoms with Crippen molar-refractivity contribution in [1.29, 1.82) is 0 Å². The molecule has 0 radical (unpaired) electrons. The number of benzene rings is 2. The highest BCUT2D eigenvalue weighted by Gasteiger charge is 2.43. The summed E-state index contributed by atoms with van der Waals surface area (Å²) in [6.07, 6.45) is 3.71. The normalized spacial score (nSPS) is 18.1. The summed E-state index contributed by atoms with van der Waals surface area (Å²) >= 11 is 18.4. The minimum Gasteiger partial charge on any atom is -0.506 e. The van der Waals surface area contributed by atoms with Gasteiger partial charge in [0.1, 0.15) is 11.8 Å². The van der Waals surface area contributed by atoms with Crippen molar-refractivity contribution < 1.29 is 5.11 Å². The molecule has 8 heteroatoms. The summed E-state index contributed by atoms with van der Waals surface area (Å²) in [5.41, 5.74) is 3.18. The van der Waals surface area contributed by atoms with Gasteiger partial charge in [-0.05, 0) is 66.8 Å². The molecular weight excluding hydrogens is 463 g/mol. The Morgan fingerprint density at radius 1 is 0.938 bits per heavy atom. The average molecular weight is 481 g/mol. The second-order valence-electron chi connectivity index (χ2n) is 7.38. The van der Waals surface area contributed by atoms with E-state index < -0.39 is 0 Å². The number of phenolic OH excluding ortho intramolecular Hbond substituents is 1. The van der Waals surface area contributed by atoms with Crippen LogP contribution in [0.5, 0.6) is 5.75 Å². The lowest BCUT2D eigenvalue weighted by Gasteiger charge is -2.29. The van der Waals surface area contributed by atoms with E-state index in [0.29, 0.717) is 20.8 Å². The number of hydrogen-bond acceptors (Lipinski definition) is 3. The fraction of sp³-hybridized carbons (Fsp3) is 0.0833. The number of phenols is 1. The maximum absolute atomic E-state index is 10.6. The molecular formula is C24H18Cl2N4OS. The van der Waals surface area contributed by atoms with Crippen molar-refractivity contribution in [3.63, 3.8) is 0 Å². The molecule has 3 heterocycles. The van der Waals surface area contributed by atoms with E-state index in [-0.39, 0.29) is 17.8 Å². The van der Waals surface area contributed by atoms with Crippen LogP contribution in [0.15, 0.2) is 85.2 Å². The molecule has 1 fully saturated rings. The number of aromatic nitrogens is 2. The summed E-state index contributed by atoms with van der Waals surface area (Å²) in [6, 6.07) is 21.8. The van der Waals surface area contributed by atoms with Gasteiger partial charge in [0.05, 0.1) is 28.1 Å². The lowest BCUT2D eigenvalue weighted by molar-refractivity contribution is 0.472. The van der Waals surface area contributed by atoms with Crippen LogP contribution in [-0.4, -0.2) is 19.8 Å². The van der Waals surface area contributed by atoms with Crippen molar-refractivity contribution in [1.82, 2.24) is 14.9 Å². The third-order valence-corrected chi connectivity index (χ3v) is 6.34. The molecule has 2 atom stereocenters. The van der Waals surface area contributed by atoms with Gasteiger partial charge in [-0.1, -0.05) is 41.4 Å². The van der Waals surface area contributed by atoms with Gasteiger partial charge in [-0.15, -0.1) is 0 Å². The second-order valence-corrected chi connectivity index (χ2v) is 8.61. The Bertz CT molecular complexity index is 1290. The van der Waals surface area contributed by atoms with Crippen LogP contribution in [0, 0.1) is 0 Å². The van der Waals surface area contributed by atoms with E-state index in [9.17, 15) is 5.11 Å². The summed E-state index contributed by atoms with van der Waals surface area (Å²) in [4.78, 5) is 6.50. The average Bonchev–Trinajstić information content (AvgIpc) is 3.39. The predicted molar refractivity (Wildman–Crippen MR) is 132 cm³/mol. The summed E-state index contributed by atoms with van der Waals surface area (Å²) < 4.78 is 2.02. The number of nitrogens with one attached hydrogen (secondary N) is 1. The highest BCUT2D eigenvalue weighted by atomic mass is 35.5. The number of aromatic hydroxyl groups is 1. The SMILES string of the molecule is Oc1ccccc1N1C(=S)N[C@@H](c2ccccn2)[C@H]1c1cccn1-c1ccc(Cl)cc1Cl. The Morgan fingerprint density at radius 2 is 1.75 bits per heavy atom. The molecule has 1 aliphatic rings. The molecule has 0 aliphatic carbocycles. The number of thiocarbonyl (C=S) groups is 1. The molecule has 1 saturated heterocycles. The van der Waals surface area contributed by atoms with Crippen LogP contribution < -0.4 is 10.2 Å². The zero-order valence-electron chi connectivity index (χ0n) is 16.7. The van der Waals surface area contributed by atoms with E-state index in [1.807, 2.05) is 64.2 Å². The number of rotatable bonds is 4. The van der Waals surface area contributed by atoms with E-state index >= 15 is 0 Å². The van der Waals surface area contributed by atoms with Crippen LogP contribution in [0.25, 0.3) is 5.69 Å². The number of anilines is 1. The predicted octanol–water partition coefficient (Wildman–Crippen LogP) is 6.06. The first-order valence-corrected chi connectivity index (χ1v) is 11.1. The third kappa shape index (κ3) is 3.60. The minimum absolute atomic E-state index is 0.144. The molecule has 0 unspecified atom stereocenters. The van der Waals surface area contributed by atoms with Gasteiger partial charge >= 0.3 is 0 Å². The van der Waals surface area contributed by atoms with Crippen molar-refractivity contribution in [3.8, 4) is 11.4 Å². The first-order valence-electron chi connectivity index (χ1n) is 9.96. The molecule has 32 heavy (non-hydrogen) atoms. The first kappa shape index (κ1) is 20.8. The monoisotopic (exact) mass is 480 g/mol. The molecule has 5 nitrogen and oxygen atoms in total. The van der Waals surface area contributed by atoms with Crippen molar-refractivity contribution in [2.24, 2.45) is 0 Å². The Kier molecular flexibility index (Phi) is 5.51.